The van der Waals surface area contributed by atoms with Crippen LogP contribution in [0, 0.1) is 0 Å². The van der Waals surface area contributed by atoms with E-state index in [2.05, 4.69) is 41.6 Å². The summed E-state index contributed by atoms with van der Waals surface area (Å²) < 4.78 is 11.4. The van der Waals surface area contributed by atoms with Crippen LogP contribution in [-0.4, -0.2) is 22.6 Å². The van der Waals surface area contributed by atoms with E-state index in [0.717, 1.165) is 23.1 Å². The number of halogens is 2. The smallest absolute Gasteiger partial charge is 0.264 e. The molecule has 0 aliphatic carbocycles. The highest BCUT2D eigenvalue weighted by Crippen LogP contribution is 2.29. The van der Waals surface area contributed by atoms with Crippen molar-refractivity contribution in [3.63, 3.8) is 0 Å². The quantitative estimate of drug-likeness (QED) is 0.247. The monoisotopic (exact) mass is 527 g/mol. The van der Waals surface area contributed by atoms with Crippen LogP contribution in [-0.2, 0) is 4.79 Å². The van der Waals surface area contributed by atoms with Crippen molar-refractivity contribution < 1.29 is 13.9 Å². The van der Waals surface area contributed by atoms with Crippen LogP contribution in [0.3, 0.4) is 0 Å². The minimum atomic E-state index is -0.430. The number of oxazole rings is 1. The molecule has 180 valence electrons. The molecular formula is C26H23Cl2N3O3S. The molecule has 1 atom stereocenters. The summed E-state index contributed by atoms with van der Waals surface area (Å²) in [5, 5.41) is 6.51. The number of rotatable bonds is 7. The van der Waals surface area contributed by atoms with E-state index in [1.165, 1.54) is 11.6 Å². The van der Waals surface area contributed by atoms with Crippen molar-refractivity contribution in [1.82, 2.24) is 10.3 Å². The Bertz CT molecular complexity index is 1390. The molecular weight excluding hydrogens is 505 g/mol. The Morgan fingerprint density at radius 2 is 1.97 bits per heavy atom. The predicted octanol–water partition coefficient (Wildman–Crippen LogP) is 7.21. The number of carbonyl (C=O) groups is 1. The van der Waals surface area contributed by atoms with Crippen molar-refractivity contribution in [3.8, 4) is 17.2 Å². The molecule has 3 aromatic carbocycles. The van der Waals surface area contributed by atoms with Crippen molar-refractivity contribution in [2.75, 3.05) is 11.9 Å². The molecule has 0 saturated carbocycles. The van der Waals surface area contributed by atoms with Gasteiger partial charge in [-0.25, -0.2) is 4.98 Å². The summed E-state index contributed by atoms with van der Waals surface area (Å²) in [4.78, 5) is 16.9. The number of thiocarbonyl (C=S) groups is 1. The number of fused-ring (bicyclic) bond motifs is 1. The highest BCUT2D eigenvalue weighted by Gasteiger charge is 2.13. The first-order chi connectivity index (χ1) is 16.8. The molecule has 2 N–H and O–H groups in total. The molecule has 4 rings (SSSR count). The van der Waals surface area contributed by atoms with E-state index in [1.807, 2.05) is 30.3 Å². The van der Waals surface area contributed by atoms with Crippen LogP contribution in [0.4, 0.5) is 5.69 Å². The average molecular weight is 528 g/mol. The van der Waals surface area contributed by atoms with E-state index in [-0.39, 0.29) is 11.7 Å². The van der Waals surface area contributed by atoms with Gasteiger partial charge in [0.2, 0.25) is 5.89 Å². The first kappa shape index (κ1) is 25.0. The van der Waals surface area contributed by atoms with Crippen LogP contribution in [0.15, 0.2) is 65.1 Å². The third kappa shape index (κ3) is 6.31. The summed E-state index contributed by atoms with van der Waals surface area (Å²) in [5.41, 5.74) is 4.25. The fraction of sp³-hybridized carbons (Fsp3) is 0.192. The Balaban J connectivity index is 1.38. The zero-order chi connectivity index (χ0) is 24.9. The molecule has 1 heterocycles. The third-order valence-corrected chi connectivity index (χ3v) is 6.20. The molecule has 4 aromatic rings. The fourth-order valence-corrected chi connectivity index (χ4v) is 4.10. The SMILES string of the molecule is CC[C@H](C)c1ccc2oc(-c3cccc(NC(=S)NC(=O)COc4ccc(Cl)cc4Cl)c3)nc2c1. The zero-order valence-electron chi connectivity index (χ0n) is 19.1. The number of hydrogen-bond donors (Lipinski definition) is 2. The molecule has 0 saturated heterocycles. The van der Waals surface area contributed by atoms with Crippen LogP contribution in [0.1, 0.15) is 31.7 Å². The van der Waals surface area contributed by atoms with Gasteiger partial charge in [0, 0.05) is 16.3 Å². The maximum Gasteiger partial charge on any atom is 0.264 e. The molecule has 0 aliphatic heterocycles. The van der Waals surface area contributed by atoms with Crippen LogP contribution in [0.25, 0.3) is 22.6 Å². The number of hydrogen-bond acceptors (Lipinski definition) is 5. The van der Waals surface area contributed by atoms with E-state index in [4.69, 9.17) is 44.6 Å². The number of aromatic nitrogens is 1. The second-order valence-corrected chi connectivity index (χ2v) is 9.25. The first-order valence-corrected chi connectivity index (χ1v) is 12.2. The fourth-order valence-electron chi connectivity index (χ4n) is 3.40. The lowest BCUT2D eigenvalue weighted by molar-refractivity contribution is -0.121. The topological polar surface area (TPSA) is 76.4 Å². The van der Waals surface area contributed by atoms with E-state index >= 15 is 0 Å². The highest BCUT2D eigenvalue weighted by atomic mass is 35.5. The van der Waals surface area contributed by atoms with Crippen LogP contribution in [0.5, 0.6) is 5.75 Å². The Hall–Kier alpha value is -3.13. The van der Waals surface area contributed by atoms with E-state index < -0.39 is 5.91 Å². The average Bonchev–Trinajstić information content (AvgIpc) is 3.26. The lowest BCUT2D eigenvalue weighted by Crippen LogP contribution is -2.37. The number of nitrogens with zero attached hydrogens (tertiary/aromatic N) is 1. The Morgan fingerprint density at radius 3 is 2.74 bits per heavy atom. The lowest BCUT2D eigenvalue weighted by atomic mass is 9.98. The molecule has 0 spiro atoms. The lowest BCUT2D eigenvalue weighted by Gasteiger charge is -2.11. The van der Waals surface area contributed by atoms with Crippen molar-refractivity contribution in [1.29, 1.82) is 0 Å². The van der Waals surface area contributed by atoms with Gasteiger partial charge in [-0.2, -0.15) is 0 Å². The number of amides is 1. The molecule has 6 nitrogen and oxygen atoms in total. The molecule has 0 bridgehead atoms. The second-order valence-electron chi connectivity index (χ2n) is 8.00. The largest absolute Gasteiger partial charge is 0.482 e. The van der Waals surface area contributed by atoms with Gasteiger partial charge in [0.1, 0.15) is 11.3 Å². The minimum absolute atomic E-state index is 0.133. The molecule has 0 radical (unpaired) electrons. The van der Waals surface area contributed by atoms with E-state index in [0.29, 0.717) is 33.3 Å². The molecule has 1 amide bonds. The van der Waals surface area contributed by atoms with Gasteiger partial charge in [0.25, 0.3) is 5.91 Å². The summed E-state index contributed by atoms with van der Waals surface area (Å²) >= 11 is 17.2. The molecule has 0 aliphatic rings. The maximum absolute atomic E-state index is 12.2. The van der Waals surface area contributed by atoms with Crippen molar-refractivity contribution in [2.45, 2.75) is 26.2 Å². The van der Waals surface area contributed by atoms with Crippen molar-refractivity contribution in [3.05, 3.63) is 76.3 Å². The number of anilines is 1. The second kappa shape index (κ2) is 11.1. The van der Waals surface area contributed by atoms with E-state index in [1.54, 1.807) is 12.1 Å². The standard InChI is InChI=1S/C26H23Cl2N3O3S/c1-3-15(2)16-7-9-23-21(12-16)30-25(34-23)17-5-4-6-19(11-17)29-26(35)31-24(32)14-33-22-10-8-18(27)13-20(22)28/h4-13,15H,3,14H2,1-2H3,(H2,29,31,32,35)/t15-/m0/s1. The van der Waals surface area contributed by atoms with Gasteiger partial charge in [-0.15, -0.1) is 0 Å². The van der Waals surface area contributed by atoms with Gasteiger partial charge >= 0.3 is 0 Å². The first-order valence-electron chi connectivity index (χ1n) is 11.0. The van der Waals surface area contributed by atoms with Crippen LogP contribution in [0.2, 0.25) is 10.0 Å². The number of carbonyl (C=O) groups excluding carboxylic acids is 1. The Labute approximate surface area is 218 Å². The summed E-state index contributed by atoms with van der Waals surface area (Å²) in [6, 6.07) is 18.3. The Morgan fingerprint density at radius 1 is 1.14 bits per heavy atom. The number of nitrogens with one attached hydrogen (secondary N) is 2. The molecule has 35 heavy (non-hydrogen) atoms. The summed E-state index contributed by atoms with van der Waals surface area (Å²) in [6.45, 7) is 4.10. The minimum Gasteiger partial charge on any atom is -0.482 e. The number of ether oxygens (including phenoxy) is 1. The summed E-state index contributed by atoms with van der Waals surface area (Å²) in [5.74, 6) is 0.887. The molecule has 1 aromatic heterocycles. The molecule has 0 unspecified atom stereocenters. The van der Waals surface area contributed by atoms with Gasteiger partial charge in [-0.05, 0) is 78.7 Å². The zero-order valence-corrected chi connectivity index (χ0v) is 21.4. The highest BCUT2D eigenvalue weighted by molar-refractivity contribution is 7.80. The van der Waals surface area contributed by atoms with Gasteiger partial charge in [-0.1, -0.05) is 49.2 Å². The normalized spacial score (nSPS) is 11.8. The van der Waals surface area contributed by atoms with Gasteiger partial charge in [0.05, 0.1) is 5.02 Å². The third-order valence-electron chi connectivity index (χ3n) is 5.47. The Kier molecular flexibility index (Phi) is 7.90. The van der Waals surface area contributed by atoms with Gasteiger partial charge in [0.15, 0.2) is 17.3 Å². The molecule has 9 heteroatoms. The van der Waals surface area contributed by atoms with E-state index in [9.17, 15) is 4.79 Å². The summed E-state index contributed by atoms with van der Waals surface area (Å²) in [6.07, 6.45) is 1.06. The van der Waals surface area contributed by atoms with Gasteiger partial charge in [-0.3, -0.25) is 10.1 Å². The van der Waals surface area contributed by atoms with Crippen LogP contribution >= 0.6 is 35.4 Å². The molecule has 0 fully saturated rings. The van der Waals surface area contributed by atoms with Crippen LogP contribution < -0.4 is 15.4 Å². The van der Waals surface area contributed by atoms with Crippen molar-refractivity contribution >= 4 is 63.2 Å². The van der Waals surface area contributed by atoms with Crippen molar-refractivity contribution in [2.24, 2.45) is 0 Å². The predicted molar refractivity (Wildman–Crippen MR) is 144 cm³/mol. The van der Waals surface area contributed by atoms with Gasteiger partial charge < -0.3 is 14.5 Å². The summed E-state index contributed by atoms with van der Waals surface area (Å²) in [7, 11) is 0. The number of benzene rings is 3. The maximum atomic E-state index is 12.2.